The van der Waals surface area contributed by atoms with Gasteiger partial charge in [0.15, 0.2) is 22.8 Å². The quantitative estimate of drug-likeness (QED) is 0.698. The molecule has 0 bridgehead atoms. The fraction of sp³-hybridized carbons (Fsp3) is 0. The van der Waals surface area contributed by atoms with Crippen LogP contribution < -0.4 is 21.3 Å². The monoisotopic (exact) mass is 334 g/mol. The van der Waals surface area contributed by atoms with Crippen molar-refractivity contribution in [1.29, 1.82) is 21.0 Å². The first kappa shape index (κ1) is 14.9. The summed E-state index contributed by atoms with van der Waals surface area (Å²) in [4.78, 5) is 8.74. The van der Waals surface area contributed by atoms with Gasteiger partial charge in [0.1, 0.15) is 24.3 Å². The molecule has 2 N–H and O–H groups in total. The van der Waals surface area contributed by atoms with E-state index in [0.717, 1.165) is 10.8 Å². The minimum Gasteiger partial charge on any atom is -0.338 e. The topological polar surface area (TPSA) is 144 Å². The summed E-state index contributed by atoms with van der Waals surface area (Å²) >= 11 is 0. The largest absolute Gasteiger partial charge is 0.338 e. The SMILES string of the molecule is N#CC(C#N)=C1N=c2ccc3c4c(ccc(c24)N1)=NC(=C(C#N)C#N)N3. The van der Waals surface area contributed by atoms with E-state index >= 15 is 0 Å². The van der Waals surface area contributed by atoms with Gasteiger partial charge in [-0.05, 0) is 24.3 Å². The minimum atomic E-state index is -0.107. The molecule has 0 amide bonds. The zero-order valence-electron chi connectivity index (χ0n) is 13.0. The van der Waals surface area contributed by atoms with E-state index in [-0.39, 0.29) is 22.8 Å². The van der Waals surface area contributed by atoms with Crippen LogP contribution in [-0.2, 0) is 0 Å². The first-order valence-electron chi connectivity index (χ1n) is 7.36. The maximum Gasteiger partial charge on any atom is 0.172 e. The third-order valence-corrected chi connectivity index (χ3v) is 4.01. The van der Waals surface area contributed by atoms with E-state index in [0.29, 0.717) is 22.1 Å². The van der Waals surface area contributed by atoms with Gasteiger partial charge in [-0.25, -0.2) is 9.98 Å². The van der Waals surface area contributed by atoms with Gasteiger partial charge in [0.05, 0.1) is 10.7 Å². The normalized spacial score (nSPS) is 12.8. The molecule has 0 spiro atoms. The van der Waals surface area contributed by atoms with Crippen LogP contribution in [0.1, 0.15) is 0 Å². The molecule has 0 aromatic heterocycles. The second kappa shape index (κ2) is 5.46. The van der Waals surface area contributed by atoms with Crippen molar-refractivity contribution in [2.75, 3.05) is 10.6 Å². The number of allylic oxidation sites excluding steroid dienone is 2. The fourth-order valence-electron chi connectivity index (χ4n) is 2.90. The number of nitriles is 4. The lowest BCUT2D eigenvalue weighted by atomic mass is 10.0. The van der Waals surface area contributed by atoms with Crippen LogP contribution in [0, 0.1) is 45.3 Å². The summed E-state index contributed by atoms with van der Waals surface area (Å²) in [5.74, 6) is 0.395. The number of anilines is 2. The Morgan fingerprint density at radius 2 is 1.04 bits per heavy atom. The van der Waals surface area contributed by atoms with Crippen molar-refractivity contribution >= 4 is 22.1 Å². The van der Waals surface area contributed by atoms with Gasteiger partial charge in [-0.2, -0.15) is 21.0 Å². The predicted molar refractivity (Wildman–Crippen MR) is 90.0 cm³/mol. The van der Waals surface area contributed by atoms with Crippen molar-refractivity contribution in [3.63, 3.8) is 0 Å². The van der Waals surface area contributed by atoms with Crippen molar-refractivity contribution < 1.29 is 0 Å². The Balaban J connectivity index is 2.12. The molecule has 0 unspecified atom stereocenters. The van der Waals surface area contributed by atoms with Crippen LogP contribution in [0.15, 0.2) is 57.0 Å². The van der Waals surface area contributed by atoms with E-state index in [9.17, 15) is 0 Å². The Morgan fingerprint density at radius 3 is 1.38 bits per heavy atom. The van der Waals surface area contributed by atoms with Gasteiger partial charge in [0, 0.05) is 22.1 Å². The Bertz CT molecular complexity index is 1230. The molecule has 0 saturated heterocycles. The minimum absolute atomic E-state index is 0.107. The molecule has 2 aliphatic heterocycles. The molecule has 2 aliphatic rings. The molecule has 0 fully saturated rings. The zero-order chi connectivity index (χ0) is 18.3. The van der Waals surface area contributed by atoms with Crippen LogP contribution in [0.2, 0.25) is 0 Å². The maximum absolute atomic E-state index is 9.07. The van der Waals surface area contributed by atoms with Crippen molar-refractivity contribution in [1.82, 2.24) is 0 Å². The molecule has 0 atom stereocenters. The van der Waals surface area contributed by atoms with E-state index in [1.165, 1.54) is 0 Å². The molecule has 118 valence electrons. The van der Waals surface area contributed by atoms with Crippen LogP contribution in [0.5, 0.6) is 0 Å². The van der Waals surface area contributed by atoms with E-state index in [1.807, 2.05) is 24.3 Å². The van der Waals surface area contributed by atoms with E-state index < -0.39 is 0 Å². The molecule has 8 nitrogen and oxygen atoms in total. The summed E-state index contributed by atoms with van der Waals surface area (Å²) < 4.78 is 0. The number of nitrogens with zero attached hydrogens (tertiary/aromatic N) is 6. The third-order valence-electron chi connectivity index (χ3n) is 4.01. The van der Waals surface area contributed by atoms with Crippen LogP contribution in [0.4, 0.5) is 11.4 Å². The average Bonchev–Trinajstić information content (AvgIpc) is 2.67. The number of hydrogen-bond donors (Lipinski definition) is 2. The summed E-state index contributed by atoms with van der Waals surface area (Å²) in [6, 6.07) is 14.3. The smallest absolute Gasteiger partial charge is 0.172 e. The molecular formula is C18H6N8. The number of benzene rings is 2. The lowest BCUT2D eigenvalue weighted by Gasteiger charge is -2.20. The maximum atomic E-state index is 9.07. The summed E-state index contributed by atoms with van der Waals surface area (Å²) in [6.07, 6.45) is 0. The average molecular weight is 334 g/mol. The van der Waals surface area contributed by atoms with Gasteiger partial charge < -0.3 is 10.6 Å². The zero-order valence-corrected chi connectivity index (χ0v) is 13.0. The third kappa shape index (κ3) is 1.98. The first-order chi connectivity index (χ1) is 12.7. The molecule has 2 aromatic rings. The van der Waals surface area contributed by atoms with E-state index in [1.54, 1.807) is 24.3 Å². The highest BCUT2D eigenvalue weighted by Gasteiger charge is 2.20. The summed E-state index contributed by atoms with van der Waals surface area (Å²) in [6.45, 7) is 0. The second-order valence-electron chi connectivity index (χ2n) is 5.38. The van der Waals surface area contributed by atoms with Crippen molar-refractivity contribution in [2.24, 2.45) is 9.98 Å². The first-order valence-corrected chi connectivity index (χ1v) is 7.36. The Morgan fingerprint density at radius 1 is 0.654 bits per heavy atom. The van der Waals surface area contributed by atoms with E-state index in [4.69, 9.17) is 21.0 Å². The van der Waals surface area contributed by atoms with Crippen LogP contribution in [-0.4, -0.2) is 0 Å². The lowest BCUT2D eigenvalue weighted by Crippen LogP contribution is -2.23. The molecule has 2 heterocycles. The summed E-state index contributed by atoms with van der Waals surface area (Å²) in [5.41, 5.74) is 1.17. The Kier molecular flexibility index (Phi) is 3.13. The van der Waals surface area contributed by atoms with Crippen LogP contribution in [0.25, 0.3) is 10.8 Å². The molecule has 4 rings (SSSR count). The van der Waals surface area contributed by atoms with Gasteiger partial charge in [-0.1, -0.05) is 0 Å². The standard InChI is InChI=1S/C18H6N8/c19-5-9(6-20)17-23-11-1-2-12-16-14(4-3-13(25-17)15(11)16)26-18(24-12)10(7-21)8-22/h1-4,23,26H. The lowest BCUT2D eigenvalue weighted by molar-refractivity contribution is 1.15. The molecular weight excluding hydrogens is 328 g/mol. The van der Waals surface area contributed by atoms with Crippen LogP contribution >= 0.6 is 0 Å². The van der Waals surface area contributed by atoms with Crippen molar-refractivity contribution in [3.05, 3.63) is 57.8 Å². The highest BCUT2D eigenvalue weighted by atomic mass is 15.1. The van der Waals surface area contributed by atoms with Gasteiger partial charge in [-0.3, -0.25) is 0 Å². The predicted octanol–water partition coefficient (Wildman–Crippen LogP) is 1.45. The molecule has 2 aromatic carbocycles. The van der Waals surface area contributed by atoms with Crippen molar-refractivity contribution in [2.45, 2.75) is 0 Å². The Labute approximate surface area is 146 Å². The molecule has 0 aliphatic carbocycles. The van der Waals surface area contributed by atoms with Gasteiger partial charge >= 0.3 is 0 Å². The second-order valence-corrected chi connectivity index (χ2v) is 5.38. The molecule has 26 heavy (non-hydrogen) atoms. The highest BCUT2D eigenvalue weighted by molar-refractivity contribution is 6.03. The molecule has 0 radical (unpaired) electrons. The van der Waals surface area contributed by atoms with Gasteiger partial charge in [-0.15, -0.1) is 0 Å². The fourth-order valence-corrected chi connectivity index (χ4v) is 2.90. The van der Waals surface area contributed by atoms with Gasteiger partial charge in [0.25, 0.3) is 0 Å². The van der Waals surface area contributed by atoms with Crippen molar-refractivity contribution in [3.8, 4) is 24.3 Å². The van der Waals surface area contributed by atoms with E-state index in [2.05, 4.69) is 20.6 Å². The summed E-state index contributed by atoms with van der Waals surface area (Å²) in [5, 5.41) is 45.1. The summed E-state index contributed by atoms with van der Waals surface area (Å²) in [7, 11) is 0. The molecule has 8 heteroatoms. The van der Waals surface area contributed by atoms with Crippen LogP contribution in [0.3, 0.4) is 0 Å². The highest BCUT2D eigenvalue weighted by Crippen LogP contribution is 2.30. The van der Waals surface area contributed by atoms with Gasteiger partial charge in [0.2, 0.25) is 0 Å². The molecule has 0 saturated carbocycles. The Hall–Kier alpha value is -4.66. The number of nitrogens with one attached hydrogen (secondary N) is 2. The number of rotatable bonds is 0. The number of hydrogen-bond acceptors (Lipinski definition) is 8.